The Morgan fingerprint density at radius 1 is 0.577 bits per heavy atom. The third-order valence-electron chi connectivity index (χ3n) is 13.4. The molecule has 0 radical (unpaired) electrons. The fourth-order valence-electron chi connectivity index (χ4n) is 9.12. The molecule has 4 atom stereocenters. The Hall–Kier alpha value is -6.48. The molecule has 424 valence electrons. The third-order valence-corrected chi connectivity index (χ3v) is 17.2. The van der Waals surface area contributed by atoms with Gasteiger partial charge in [-0.3, -0.25) is 19.0 Å². The van der Waals surface area contributed by atoms with Crippen LogP contribution in [0.4, 0.5) is 0 Å². The van der Waals surface area contributed by atoms with Crippen molar-refractivity contribution in [3.63, 3.8) is 0 Å². The lowest BCUT2D eigenvalue weighted by Gasteiger charge is -2.23. The van der Waals surface area contributed by atoms with Crippen LogP contribution in [0.2, 0.25) is 0 Å². The second-order valence-electron chi connectivity index (χ2n) is 19.9. The topological polar surface area (TPSA) is 229 Å². The van der Waals surface area contributed by atoms with Crippen LogP contribution in [0.15, 0.2) is 107 Å². The summed E-state index contributed by atoms with van der Waals surface area (Å²) in [6.45, 7) is 23.1. The summed E-state index contributed by atoms with van der Waals surface area (Å²) in [4.78, 5) is 23.8. The number of carbonyl (C=O) groups is 2. The lowest BCUT2D eigenvalue weighted by molar-refractivity contribution is -0.138. The second kappa shape index (κ2) is 29.5. The van der Waals surface area contributed by atoms with Gasteiger partial charge in [-0.2, -0.15) is 8.61 Å². The molecule has 2 aliphatic rings. The summed E-state index contributed by atoms with van der Waals surface area (Å²) in [6.07, 6.45) is 7.40. The molecule has 4 aromatic carbocycles. The largest absolute Gasteiger partial charge is 0.491 e. The van der Waals surface area contributed by atoms with E-state index < -0.39 is 32.0 Å². The predicted octanol–water partition coefficient (Wildman–Crippen LogP) is 10.7. The van der Waals surface area contributed by atoms with E-state index in [0.29, 0.717) is 37.4 Å². The second-order valence-corrected chi connectivity index (χ2v) is 23.7. The smallest absolute Gasteiger partial charge is 0.303 e. The van der Waals surface area contributed by atoms with E-state index in [9.17, 15) is 36.6 Å². The van der Waals surface area contributed by atoms with Gasteiger partial charge >= 0.3 is 11.9 Å². The van der Waals surface area contributed by atoms with Crippen LogP contribution in [0.1, 0.15) is 162 Å². The van der Waals surface area contributed by atoms with Gasteiger partial charge in [-0.1, -0.05) is 125 Å². The van der Waals surface area contributed by atoms with Crippen LogP contribution in [-0.4, -0.2) is 104 Å². The van der Waals surface area contributed by atoms with Crippen molar-refractivity contribution in [3.8, 4) is 11.5 Å². The number of rotatable bonds is 18. The Labute approximate surface area is 461 Å². The number of benzene rings is 4. The van der Waals surface area contributed by atoms with Crippen molar-refractivity contribution >= 4 is 32.0 Å². The van der Waals surface area contributed by atoms with Gasteiger partial charge in [0.05, 0.1) is 24.2 Å². The van der Waals surface area contributed by atoms with Crippen LogP contribution < -0.4 is 9.47 Å². The summed E-state index contributed by atoms with van der Waals surface area (Å²) in [7, 11) is -7.49. The normalized spacial score (nSPS) is 16.1. The molecule has 78 heavy (non-hydrogen) atoms. The summed E-state index contributed by atoms with van der Waals surface area (Å²) < 4.78 is 71.3. The Morgan fingerprint density at radius 3 is 1.27 bits per heavy atom. The summed E-state index contributed by atoms with van der Waals surface area (Å²) in [5.74, 6) is -1.52. The quantitative estimate of drug-likeness (QED) is 0.0816. The van der Waals surface area contributed by atoms with Gasteiger partial charge in [-0.25, -0.2) is 16.8 Å². The van der Waals surface area contributed by atoms with E-state index >= 15 is 0 Å². The number of para-hydroxylation sites is 2. The van der Waals surface area contributed by atoms with Gasteiger partial charge in [-0.05, 0) is 110 Å². The van der Waals surface area contributed by atoms with Crippen LogP contribution in [0.25, 0.3) is 0 Å². The number of hydrogen-bond donors (Lipinski definition) is 2. The first kappa shape index (κ1) is 62.4. The first-order valence-electron chi connectivity index (χ1n) is 27.1. The zero-order valence-electron chi connectivity index (χ0n) is 47.0. The highest BCUT2D eigenvalue weighted by Crippen LogP contribution is 2.37. The summed E-state index contributed by atoms with van der Waals surface area (Å²) in [5.41, 5.74) is 6.97. The molecular formula is C58H80N8O10S2. The Morgan fingerprint density at radius 2 is 0.936 bits per heavy atom. The average Bonchev–Trinajstić information content (AvgIpc) is 4.09. The number of aryl methyl sites for hydroxylation is 4. The monoisotopic (exact) mass is 1110 g/mol. The maximum atomic E-state index is 13.4. The minimum atomic E-state index is -3.74. The number of carboxylic acids is 2. The summed E-state index contributed by atoms with van der Waals surface area (Å²) in [6, 6.07) is 25.0. The van der Waals surface area contributed by atoms with Gasteiger partial charge in [0.15, 0.2) is 0 Å². The van der Waals surface area contributed by atoms with Gasteiger partial charge in [0.1, 0.15) is 34.5 Å². The van der Waals surface area contributed by atoms with E-state index in [-0.39, 0.29) is 85.7 Å². The lowest BCUT2D eigenvalue weighted by atomic mass is 9.85. The number of hydrogen-bond acceptors (Lipinski definition) is 12. The number of fused-ring (bicyclic) bond motifs is 2. The van der Waals surface area contributed by atoms with Crippen LogP contribution in [-0.2, 0) is 55.8 Å². The van der Waals surface area contributed by atoms with Gasteiger partial charge in [0, 0.05) is 63.5 Å². The van der Waals surface area contributed by atoms with Gasteiger partial charge in [-0.15, -0.1) is 10.2 Å². The van der Waals surface area contributed by atoms with Crippen molar-refractivity contribution in [2.75, 3.05) is 26.3 Å². The third kappa shape index (κ3) is 16.8. The maximum Gasteiger partial charge on any atom is 0.303 e. The molecule has 2 N–H and O–H groups in total. The van der Waals surface area contributed by atoms with Crippen LogP contribution in [0.3, 0.4) is 0 Å². The van der Waals surface area contributed by atoms with Crippen molar-refractivity contribution in [1.29, 1.82) is 0 Å². The molecule has 0 saturated heterocycles. The van der Waals surface area contributed by atoms with E-state index in [1.165, 1.54) is 21.5 Å². The fraction of sp³-hybridized carbons (Fsp3) is 0.483. The molecule has 8 rings (SSSR count). The molecule has 2 aliphatic heterocycles. The number of sulfonamides is 2. The molecule has 18 nitrogen and oxygen atoms in total. The van der Waals surface area contributed by atoms with E-state index in [4.69, 9.17) is 9.47 Å². The Kier molecular flexibility index (Phi) is 23.6. The number of nitrogens with zero attached hydrogens (tertiary/aromatic N) is 8. The van der Waals surface area contributed by atoms with Gasteiger partial charge in [0.2, 0.25) is 20.0 Å². The number of carboxylic acid groups (broad SMARTS) is 2. The molecule has 0 spiro atoms. The molecule has 6 aromatic rings. The van der Waals surface area contributed by atoms with E-state index in [0.717, 1.165) is 44.8 Å². The number of aliphatic carboxylic acids is 2. The van der Waals surface area contributed by atoms with Crippen molar-refractivity contribution in [2.45, 2.75) is 167 Å². The van der Waals surface area contributed by atoms with E-state index in [1.54, 1.807) is 57.9 Å². The molecule has 0 saturated carbocycles. The van der Waals surface area contributed by atoms with Crippen molar-refractivity contribution < 1.29 is 46.1 Å². The highest BCUT2D eigenvalue weighted by atomic mass is 32.2. The molecular weight excluding hydrogens is 1030 g/mol. The maximum absolute atomic E-state index is 13.4. The zero-order valence-corrected chi connectivity index (χ0v) is 48.6. The Balaban J connectivity index is 0.000000261. The van der Waals surface area contributed by atoms with E-state index in [1.807, 2.05) is 90.3 Å². The van der Waals surface area contributed by atoms with Crippen LogP contribution in [0.5, 0.6) is 11.5 Å². The molecule has 0 aliphatic carbocycles. The SMILES string of the molecule is CCC.CCC.CCn1cc(C(C)CC(CC(=O)O)c2ccc(C)c(CN3CCOc4ccccc4S3(=O)=O)c2)nn1.CCn1cc(C(C)CC(CC(=O)O)c2ccc(C)c(CN3CCOc4ccccc4S3(=O)=O)c2)nn1. The average molecular weight is 1110 g/mol. The predicted molar refractivity (Wildman–Crippen MR) is 301 cm³/mol. The molecule has 4 heterocycles. The van der Waals surface area contributed by atoms with Gasteiger partial charge < -0.3 is 19.7 Å². The van der Waals surface area contributed by atoms with E-state index in [2.05, 4.69) is 48.3 Å². The molecule has 0 fully saturated rings. The standard InChI is InChI=1S/2C26H32N4O5S.2C3H8/c2*1-4-29-17-23(27-28-29)19(3)13-21(15-26(31)32)20-10-9-18(2)22(14-20)16-30-11-12-35-24-7-5-6-8-25(24)36(30,33)34;2*1-3-2/h2*5-10,14,17,19,21H,4,11-13,15-16H2,1-3H3,(H,31,32);2*3H2,1-2H3. The molecule has 2 aromatic heterocycles. The zero-order chi connectivity index (χ0) is 57.2. The minimum absolute atomic E-state index is 0.0130. The molecule has 0 amide bonds. The van der Waals surface area contributed by atoms with Crippen molar-refractivity contribution in [3.05, 3.63) is 142 Å². The number of ether oxygens (including phenoxy) is 2. The number of aromatic nitrogens is 6. The molecule has 4 unspecified atom stereocenters. The molecule has 0 bridgehead atoms. The molecule has 20 heteroatoms. The Bertz CT molecular complexity index is 2920. The van der Waals surface area contributed by atoms with Crippen molar-refractivity contribution in [2.24, 2.45) is 0 Å². The highest BCUT2D eigenvalue weighted by molar-refractivity contribution is 7.89. The minimum Gasteiger partial charge on any atom is -0.491 e. The van der Waals surface area contributed by atoms with Gasteiger partial charge in [0.25, 0.3) is 0 Å². The van der Waals surface area contributed by atoms with Crippen molar-refractivity contribution in [1.82, 2.24) is 38.6 Å². The fourth-order valence-corrected chi connectivity index (χ4v) is 12.2. The first-order valence-corrected chi connectivity index (χ1v) is 29.9. The summed E-state index contributed by atoms with van der Waals surface area (Å²) >= 11 is 0. The highest BCUT2D eigenvalue weighted by Gasteiger charge is 2.33. The lowest BCUT2D eigenvalue weighted by Crippen LogP contribution is -2.32. The summed E-state index contributed by atoms with van der Waals surface area (Å²) in [5, 5.41) is 35.9. The van der Waals surface area contributed by atoms with Crippen LogP contribution >= 0.6 is 0 Å². The van der Waals surface area contributed by atoms with Crippen LogP contribution in [0, 0.1) is 13.8 Å². The first-order chi connectivity index (χ1) is 37.2.